The Morgan fingerprint density at radius 3 is 2.56 bits per heavy atom. The summed E-state index contributed by atoms with van der Waals surface area (Å²) in [6.07, 6.45) is 3.33. The highest BCUT2D eigenvalue weighted by Gasteiger charge is 2.35. The molecule has 1 fully saturated rings. The van der Waals surface area contributed by atoms with Crippen molar-refractivity contribution in [3.05, 3.63) is 70.6 Å². The zero-order valence-electron chi connectivity index (χ0n) is 17.8. The van der Waals surface area contributed by atoms with E-state index in [1.165, 1.54) is 7.11 Å². The number of benzene rings is 2. The van der Waals surface area contributed by atoms with Gasteiger partial charge in [-0.3, -0.25) is 0 Å². The van der Waals surface area contributed by atoms with Gasteiger partial charge in [0.05, 0.1) is 12.8 Å². The van der Waals surface area contributed by atoms with E-state index in [1.807, 2.05) is 24.3 Å². The summed E-state index contributed by atoms with van der Waals surface area (Å²) in [7, 11) is -2.11. The smallest absolute Gasteiger partial charge is 0.179 e. The minimum Gasteiger partial charge on any atom is -0.593 e. The molecule has 0 N–H and O–H groups in total. The van der Waals surface area contributed by atoms with Crippen LogP contribution < -0.4 is 4.74 Å². The fraction of sp³-hybridized carbons (Fsp3) is 0.333. The van der Waals surface area contributed by atoms with E-state index in [1.54, 1.807) is 28.6 Å². The number of fused-ring (bicyclic) bond motifs is 1. The van der Waals surface area contributed by atoms with Crippen LogP contribution in [-0.4, -0.2) is 39.0 Å². The molecule has 1 aromatic heterocycles. The Hall–Kier alpha value is -2.32. The lowest BCUT2D eigenvalue weighted by molar-refractivity contribution is 0.361. The maximum absolute atomic E-state index is 13.4. The SMILES string of the molecule is COc1cccc([S+](=O)([O-])N2CCc3nc(C4CC4)nc(-c4ccc(Cl)cc4)c3CC2)c1. The highest BCUT2D eigenvalue weighted by Crippen LogP contribution is 2.40. The lowest BCUT2D eigenvalue weighted by Gasteiger charge is -2.26. The molecular weight excluding hydrogens is 446 g/mol. The molecule has 1 aliphatic heterocycles. The third kappa shape index (κ3) is 4.18. The summed E-state index contributed by atoms with van der Waals surface area (Å²) in [5.74, 6) is 1.80. The van der Waals surface area contributed by atoms with Crippen molar-refractivity contribution in [3.63, 3.8) is 0 Å². The van der Waals surface area contributed by atoms with Gasteiger partial charge in [-0.25, -0.2) is 9.97 Å². The fourth-order valence-corrected chi connectivity index (χ4v) is 5.72. The first-order chi connectivity index (χ1) is 15.5. The molecule has 32 heavy (non-hydrogen) atoms. The van der Waals surface area contributed by atoms with Crippen molar-refractivity contribution in [2.75, 3.05) is 20.2 Å². The molecule has 6 nitrogen and oxygen atoms in total. The van der Waals surface area contributed by atoms with Crippen LogP contribution in [0.5, 0.6) is 5.75 Å². The monoisotopic (exact) mass is 469 g/mol. The van der Waals surface area contributed by atoms with Crippen LogP contribution in [0.2, 0.25) is 5.02 Å². The molecule has 166 valence electrons. The van der Waals surface area contributed by atoms with Crippen molar-refractivity contribution >= 4 is 22.0 Å². The van der Waals surface area contributed by atoms with Crippen molar-refractivity contribution in [2.24, 2.45) is 0 Å². The molecule has 2 aromatic carbocycles. The van der Waals surface area contributed by atoms with Gasteiger partial charge in [-0.2, -0.15) is 0 Å². The van der Waals surface area contributed by atoms with Crippen LogP contribution in [0.3, 0.4) is 0 Å². The molecule has 2 aliphatic rings. The van der Waals surface area contributed by atoms with E-state index in [4.69, 9.17) is 26.3 Å². The Morgan fingerprint density at radius 2 is 1.84 bits per heavy atom. The molecule has 3 aromatic rings. The quantitative estimate of drug-likeness (QED) is 0.506. The van der Waals surface area contributed by atoms with Crippen LogP contribution in [0.15, 0.2) is 53.4 Å². The number of nitrogens with zero attached hydrogens (tertiary/aromatic N) is 3. The number of sulfonamides is 1. The molecule has 0 radical (unpaired) electrons. The average Bonchev–Trinajstić information content (AvgIpc) is 3.66. The van der Waals surface area contributed by atoms with E-state index in [9.17, 15) is 8.76 Å². The van der Waals surface area contributed by atoms with E-state index in [2.05, 4.69) is 0 Å². The predicted octanol–water partition coefficient (Wildman–Crippen LogP) is 4.69. The number of rotatable bonds is 5. The zero-order chi connectivity index (χ0) is 22.3. The van der Waals surface area contributed by atoms with E-state index >= 15 is 0 Å². The summed E-state index contributed by atoms with van der Waals surface area (Å²) in [5.41, 5.74) is 3.86. The van der Waals surface area contributed by atoms with Gasteiger partial charge >= 0.3 is 0 Å². The summed E-state index contributed by atoms with van der Waals surface area (Å²) < 4.78 is 33.5. The zero-order valence-corrected chi connectivity index (χ0v) is 19.4. The van der Waals surface area contributed by atoms with Gasteiger partial charge in [0.2, 0.25) is 0 Å². The fourth-order valence-electron chi connectivity index (χ4n) is 4.12. The number of hydrogen-bond donors (Lipinski definition) is 0. The van der Waals surface area contributed by atoms with E-state index in [0.717, 1.165) is 41.2 Å². The third-order valence-electron chi connectivity index (χ3n) is 6.06. The predicted molar refractivity (Wildman–Crippen MR) is 124 cm³/mol. The third-order valence-corrected chi connectivity index (χ3v) is 8.21. The Morgan fingerprint density at radius 1 is 1.09 bits per heavy atom. The lowest BCUT2D eigenvalue weighted by Crippen LogP contribution is -2.38. The second-order valence-electron chi connectivity index (χ2n) is 8.22. The molecule has 1 atom stereocenters. The summed E-state index contributed by atoms with van der Waals surface area (Å²) >= 11 is 6.09. The maximum atomic E-state index is 13.4. The van der Waals surface area contributed by atoms with Gasteiger partial charge in [0.25, 0.3) is 0 Å². The van der Waals surface area contributed by atoms with Gasteiger partial charge in [-0.05, 0) is 43.5 Å². The number of aromatic nitrogens is 2. The van der Waals surface area contributed by atoms with Crippen LogP contribution in [0.1, 0.15) is 35.8 Å². The van der Waals surface area contributed by atoms with Crippen molar-refractivity contribution in [3.8, 4) is 17.0 Å². The summed E-state index contributed by atoms with van der Waals surface area (Å²) in [4.78, 5) is 10.0. The van der Waals surface area contributed by atoms with E-state index in [0.29, 0.717) is 42.6 Å². The number of hydrogen-bond acceptors (Lipinski definition) is 5. The van der Waals surface area contributed by atoms with Crippen molar-refractivity contribution in [1.82, 2.24) is 14.3 Å². The van der Waals surface area contributed by atoms with Crippen molar-refractivity contribution in [2.45, 2.75) is 36.5 Å². The molecule has 1 unspecified atom stereocenters. The first-order valence-electron chi connectivity index (χ1n) is 10.8. The molecule has 5 rings (SSSR count). The summed E-state index contributed by atoms with van der Waals surface area (Å²) in [6.45, 7) is 0.757. The highest BCUT2D eigenvalue weighted by atomic mass is 35.5. The van der Waals surface area contributed by atoms with E-state index in [-0.39, 0.29) is 4.90 Å². The van der Waals surface area contributed by atoms with Gasteiger partial charge in [0, 0.05) is 53.3 Å². The van der Waals surface area contributed by atoms with Gasteiger partial charge in [0.15, 0.2) is 15.3 Å². The number of halogens is 1. The molecule has 1 aliphatic carbocycles. The van der Waals surface area contributed by atoms with Gasteiger partial charge in [-0.15, -0.1) is 4.31 Å². The number of methoxy groups -OCH3 is 1. The standard InChI is InChI=1S/C24H24ClN3O3S/c1-31-19-3-2-4-20(15-19)32(29,30)28-13-11-21-22(12-14-28)26-24(17-5-6-17)27-23(21)16-7-9-18(25)10-8-16/h2-4,7-10,15,17H,5-6,11-14H2,1H3. The van der Waals surface area contributed by atoms with Gasteiger partial charge in [-0.1, -0.05) is 34.0 Å². The average molecular weight is 470 g/mol. The largest absolute Gasteiger partial charge is 0.593 e. The van der Waals surface area contributed by atoms with Crippen LogP contribution in [-0.2, 0) is 27.5 Å². The van der Waals surface area contributed by atoms with Crippen molar-refractivity contribution in [1.29, 1.82) is 0 Å². The van der Waals surface area contributed by atoms with Crippen molar-refractivity contribution < 1.29 is 13.5 Å². The molecule has 2 heterocycles. The summed E-state index contributed by atoms with van der Waals surface area (Å²) in [6, 6.07) is 14.3. The molecule has 8 heteroatoms. The highest BCUT2D eigenvalue weighted by molar-refractivity contribution is 7.95. The van der Waals surface area contributed by atoms with E-state index < -0.39 is 10.4 Å². The Balaban J connectivity index is 1.50. The normalized spacial score (nSPS) is 18.5. The Labute approximate surface area is 194 Å². The Kier molecular flexibility index (Phi) is 5.75. The van der Waals surface area contributed by atoms with Crippen LogP contribution in [0.4, 0.5) is 0 Å². The molecule has 0 amide bonds. The minimum atomic E-state index is -3.65. The van der Waals surface area contributed by atoms with Gasteiger partial charge < -0.3 is 9.29 Å². The molecule has 1 saturated carbocycles. The minimum absolute atomic E-state index is 0.241. The first-order valence-corrected chi connectivity index (χ1v) is 12.6. The topological polar surface area (TPSA) is 78.4 Å². The maximum Gasteiger partial charge on any atom is 0.179 e. The molecule has 0 saturated heterocycles. The molecule has 0 spiro atoms. The Bertz CT molecular complexity index is 1200. The van der Waals surface area contributed by atoms with Crippen LogP contribution in [0.25, 0.3) is 11.3 Å². The second-order valence-corrected chi connectivity index (χ2v) is 10.6. The number of ether oxygens (including phenoxy) is 1. The lowest BCUT2D eigenvalue weighted by atomic mass is 10.0. The van der Waals surface area contributed by atoms with Crippen LogP contribution in [0, 0.1) is 0 Å². The molecular formula is C24H24ClN3O3S. The van der Waals surface area contributed by atoms with Gasteiger partial charge in [0.1, 0.15) is 11.6 Å². The molecule has 0 bridgehead atoms. The van der Waals surface area contributed by atoms with Crippen LogP contribution >= 0.6 is 11.6 Å². The summed E-state index contributed by atoms with van der Waals surface area (Å²) in [5, 5.41) is 0.673. The second kappa shape index (κ2) is 8.56. The first kappa shape index (κ1) is 21.5.